The summed E-state index contributed by atoms with van der Waals surface area (Å²) in [6, 6.07) is 10.6. The number of unbranched alkanes of at least 4 members (excludes halogenated alkanes) is 1. The molecule has 3 heteroatoms. The summed E-state index contributed by atoms with van der Waals surface area (Å²) in [4.78, 5) is 2.44. The van der Waals surface area contributed by atoms with Crippen molar-refractivity contribution in [2.45, 2.75) is 39.2 Å². The topological polar surface area (TPSA) is 38.5 Å². The van der Waals surface area contributed by atoms with Crippen LogP contribution in [-0.4, -0.2) is 32.3 Å². The van der Waals surface area contributed by atoms with Crippen molar-refractivity contribution < 1.29 is 4.74 Å². The molecule has 1 rings (SSSR count). The average molecular weight is 264 g/mol. The van der Waals surface area contributed by atoms with Gasteiger partial charge in [0.1, 0.15) is 0 Å². The van der Waals surface area contributed by atoms with E-state index in [1.54, 1.807) is 0 Å². The summed E-state index contributed by atoms with van der Waals surface area (Å²) in [5, 5.41) is 0. The summed E-state index contributed by atoms with van der Waals surface area (Å²) in [6.45, 7) is 7.70. The van der Waals surface area contributed by atoms with Crippen molar-refractivity contribution in [1.82, 2.24) is 0 Å². The van der Waals surface area contributed by atoms with E-state index in [1.807, 2.05) is 6.92 Å². The highest BCUT2D eigenvalue weighted by Gasteiger charge is 2.10. The second kappa shape index (κ2) is 9.82. The number of ether oxygens (including phenoxy) is 1. The van der Waals surface area contributed by atoms with Gasteiger partial charge in [0.05, 0.1) is 6.10 Å². The molecule has 19 heavy (non-hydrogen) atoms. The van der Waals surface area contributed by atoms with Crippen molar-refractivity contribution in [3.05, 3.63) is 30.3 Å². The van der Waals surface area contributed by atoms with Crippen molar-refractivity contribution in [3.8, 4) is 0 Å². The molecule has 0 saturated heterocycles. The monoisotopic (exact) mass is 264 g/mol. The highest BCUT2D eigenvalue weighted by atomic mass is 16.5. The van der Waals surface area contributed by atoms with E-state index in [-0.39, 0.29) is 6.10 Å². The minimum Gasteiger partial charge on any atom is -0.377 e. The molecule has 0 aliphatic heterocycles. The van der Waals surface area contributed by atoms with Crippen LogP contribution in [0, 0.1) is 0 Å². The standard InChI is InChI=1S/C16H28N2O/c1-3-5-12-18(15-9-7-6-8-10-15)13-11-16(14-17)19-4-2/h6-10,16H,3-5,11-14,17H2,1-2H3. The van der Waals surface area contributed by atoms with Crippen molar-refractivity contribution >= 4 is 5.69 Å². The van der Waals surface area contributed by atoms with Gasteiger partial charge in [0.15, 0.2) is 0 Å². The Labute approximate surface area is 117 Å². The SMILES string of the molecule is CCCCN(CCC(CN)OCC)c1ccccc1. The number of rotatable bonds is 10. The Balaban J connectivity index is 2.54. The van der Waals surface area contributed by atoms with Crippen molar-refractivity contribution in [1.29, 1.82) is 0 Å². The van der Waals surface area contributed by atoms with E-state index < -0.39 is 0 Å². The molecule has 1 aromatic carbocycles. The molecule has 1 unspecified atom stereocenters. The van der Waals surface area contributed by atoms with E-state index in [9.17, 15) is 0 Å². The first-order chi connectivity index (χ1) is 9.31. The van der Waals surface area contributed by atoms with Crippen LogP contribution in [0.15, 0.2) is 30.3 Å². The molecule has 0 spiro atoms. The molecule has 0 fully saturated rings. The van der Waals surface area contributed by atoms with Crippen molar-refractivity contribution in [3.63, 3.8) is 0 Å². The lowest BCUT2D eigenvalue weighted by molar-refractivity contribution is 0.0644. The first-order valence-corrected chi connectivity index (χ1v) is 7.43. The van der Waals surface area contributed by atoms with Crippen molar-refractivity contribution in [2.75, 3.05) is 31.1 Å². The first kappa shape index (κ1) is 16.0. The van der Waals surface area contributed by atoms with E-state index in [0.717, 1.165) is 26.1 Å². The smallest absolute Gasteiger partial charge is 0.0713 e. The average Bonchev–Trinajstić information content (AvgIpc) is 2.47. The fourth-order valence-corrected chi connectivity index (χ4v) is 2.16. The molecular formula is C16H28N2O. The van der Waals surface area contributed by atoms with E-state index in [0.29, 0.717) is 6.54 Å². The Morgan fingerprint density at radius 1 is 1.16 bits per heavy atom. The third kappa shape index (κ3) is 6.08. The van der Waals surface area contributed by atoms with Crippen LogP contribution < -0.4 is 10.6 Å². The molecule has 0 amide bonds. The molecule has 2 N–H and O–H groups in total. The van der Waals surface area contributed by atoms with Gasteiger partial charge in [0.25, 0.3) is 0 Å². The first-order valence-electron chi connectivity index (χ1n) is 7.43. The molecule has 0 aromatic heterocycles. The zero-order valence-corrected chi connectivity index (χ0v) is 12.3. The van der Waals surface area contributed by atoms with Crippen LogP contribution in [0.5, 0.6) is 0 Å². The normalized spacial score (nSPS) is 12.4. The van der Waals surface area contributed by atoms with E-state index in [2.05, 4.69) is 42.2 Å². The van der Waals surface area contributed by atoms with Crippen LogP contribution in [0.25, 0.3) is 0 Å². The number of nitrogens with zero attached hydrogens (tertiary/aromatic N) is 1. The molecule has 108 valence electrons. The predicted octanol–water partition coefficient (Wildman–Crippen LogP) is 3.05. The summed E-state index contributed by atoms with van der Waals surface area (Å²) >= 11 is 0. The third-order valence-electron chi connectivity index (χ3n) is 3.29. The lowest BCUT2D eigenvalue weighted by atomic mass is 10.2. The number of nitrogens with two attached hydrogens (primary N) is 1. The Bertz CT molecular complexity index is 316. The second-order valence-electron chi connectivity index (χ2n) is 4.78. The minimum atomic E-state index is 0.179. The molecule has 0 saturated carbocycles. The number of hydrogen-bond donors (Lipinski definition) is 1. The van der Waals surface area contributed by atoms with Gasteiger partial charge in [0.2, 0.25) is 0 Å². The van der Waals surface area contributed by atoms with Gasteiger partial charge in [-0.2, -0.15) is 0 Å². The number of hydrogen-bond acceptors (Lipinski definition) is 3. The fourth-order valence-electron chi connectivity index (χ4n) is 2.16. The Hall–Kier alpha value is -1.06. The summed E-state index contributed by atoms with van der Waals surface area (Å²) in [5.41, 5.74) is 7.04. The van der Waals surface area contributed by atoms with Gasteiger partial charge in [0, 0.05) is 31.9 Å². The Kier molecular flexibility index (Phi) is 8.26. The van der Waals surface area contributed by atoms with Crippen LogP contribution in [0.4, 0.5) is 5.69 Å². The van der Waals surface area contributed by atoms with Gasteiger partial charge in [-0.25, -0.2) is 0 Å². The molecule has 0 aliphatic rings. The number of para-hydroxylation sites is 1. The lowest BCUT2D eigenvalue weighted by Gasteiger charge is -2.26. The molecule has 1 aromatic rings. The Morgan fingerprint density at radius 2 is 1.89 bits per heavy atom. The molecule has 0 aliphatic carbocycles. The molecule has 3 nitrogen and oxygen atoms in total. The highest BCUT2D eigenvalue weighted by Crippen LogP contribution is 2.15. The molecule has 1 atom stereocenters. The summed E-state index contributed by atoms with van der Waals surface area (Å²) in [7, 11) is 0. The van der Waals surface area contributed by atoms with E-state index in [1.165, 1.54) is 18.5 Å². The van der Waals surface area contributed by atoms with Crippen molar-refractivity contribution in [2.24, 2.45) is 5.73 Å². The van der Waals surface area contributed by atoms with Crippen LogP contribution >= 0.6 is 0 Å². The predicted molar refractivity (Wildman–Crippen MR) is 82.6 cm³/mol. The maximum atomic E-state index is 5.74. The molecular weight excluding hydrogens is 236 g/mol. The molecule has 0 bridgehead atoms. The zero-order valence-electron chi connectivity index (χ0n) is 12.3. The van der Waals surface area contributed by atoms with Crippen LogP contribution in [0.3, 0.4) is 0 Å². The lowest BCUT2D eigenvalue weighted by Crippen LogP contribution is -2.32. The largest absolute Gasteiger partial charge is 0.377 e. The number of benzene rings is 1. The van der Waals surface area contributed by atoms with Crippen LogP contribution in [-0.2, 0) is 4.74 Å². The quantitative estimate of drug-likeness (QED) is 0.706. The summed E-state index contributed by atoms with van der Waals surface area (Å²) in [5.74, 6) is 0. The van der Waals surface area contributed by atoms with E-state index in [4.69, 9.17) is 10.5 Å². The van der Waals surface area contributed by atoms with Crippen LogP contribution in [0.1, 0.15) is 33.1 Å². The van der Waals surface area contributed by atoms with Gasteiger partial charge < -0.3 is 15.4 Å². The zero-order chi connectivity index (χ0) is 13.9. The van der Waals surface area contributed by atoms with E-state index >= 15 is 0 Å². The summed E-state index contributed by atoms with van der Waals surface area (Å²) in [6.07, 6.45) is 3.60. The third-order valence-corrected chi connectivity index (χ3v) is 3.29. The van der Waals surface area contributed by atoms with Gasteiger partial charge in [-0.1, -0.05) is 31.5 Å². The van der Waals surface area contributed by atoms with Crippen LogP contribution in [0.2, 0.25) is 0 Å². The molecule has 0 radical (unpaired) electrons. The highest BCUT2D eigenvalue weighted by molar-refractivity contribution is 5.45. The Morgan fingerprint density at radius 3 is 2.47 bits per heavy atom. The minimum absolute atomic E-state index is 0.179. The maximum Gasteiger partial charge on any atom is 0.0713 e. The fraction of sp³-hybridized carbons (Fsp3) is 0.625. The number of anilines is 1. The second-order valence-corrected chi connectivity index (χ2v) is 4.78. The van der Waals surface area contributed by atoms with Gasteiger partial charge >= 0.3 is 0 Å². The maximum absolute atomic E-state index is 5.74. The molecule has 0 heterocycles. The van der Waals surface area contributed by atoms with Gasteiger partial charge in [-0.15, -0.1) is 0 Å². The van der Waals surface area contributed by atoms with Gasteiger partial charge in [-0.05, 0) is 31.9 Å². The van der Waals surface area contributed by atoms with Gasteiger partial charge in [-0.3, -0.25) is 0 Å². The summed E-state index contributed by atoms with van der Waals surface area (Å²) < 4.78 is 5.63.